The first-order chi connectivity index (χ1) is 6.76. The molecule has 0 N–H and O–H groups in total. The van der Waals surface area contributed by atoms with Crippen molar-refractivity contribution in [1.82, 2.24) is 4.98 Å². The summed E-state index contributed by atoms with van der Waals surface area (Å²) in [5, 5.41) is 10.0. The summed E-state index contributed by atoms with van der Waals surface area (Å²) in [6.45, 7) is 2.10. The van der Waals surface area contributed by atoms with E-state index in [4.69, 9.17) is 16.9 Å². The predicted octanol–water partition coefficient (Wildman–Crippen LogP) is 3.06. The Morgan fingerprint density at radius 1 is 1.71 bits per heavy atom. The minimum Gasteiger partial charge on any atom is -0.250 e. The van der Waals surface area contributed by atoms with E-state index in [1.807, 2.05) is 0 Å². The Morgan fingerprint density at radius 3 is 3.14 bits per heavy atom. The number of nitrogens with zero attached hydrogens (tertiary/aromatic N) is 2. The highest BCUT2D eigenvalue weighted by atomic mass is 35.5. The van der Waals surface area contributed by atoms with Crippen molar-refractivity contribution >= 4 is 23.4 Å². The second-order valence-corrected chi connectivity index (χ2v) is 4.74. The molecule has 1 heterocycles. The number of alkyl halides is 1. The number of halogens is 1. The molecule has 0 aliphatic heterocycles. The molecule has 0 saturated heterocycles. The van der Waals surface area contributed by atoms with E-state index in [1.165, 1.54) is 0 Å². The maximum Gasteiger partial charge on any atom is 0.0993 e. The zero-order valence-electron chi connectivity index (χ0n) is 7.90. The molecule has 74 valence electrons. The quantitative estimate of drug-likeness (QED) is 0.585. The first-order valence-corrected chi connectivity index (χ1v) is 5.76. The normalized spacial score (nSPS) is 12.1. The highest BCUT2D eigenvalue weighted by molar-refractivity contribution is 7.99. The van der Waals surface area contributed by atoms with Gasteiger partial charge in [-0.05, 0) is 18.6 Å². The SMILES string of the molecule is CC(CCCl)Sc1cc(C#N)ccn1. The van der Waals surface area contributed by atoms with Crippen molar-refractivity contribution in [3.63, 3.8) is 0 Å². The van der Waals surface area contributed by atoms with E-state index in [0.29, 0.717) is 16.7 Å². The van der Waals surface area contributed by atoms with Crippen LogP contribution >= 0.6 is 23.4 Å². The number of rotatable bonds is 4. The fraction of sp³-hybridized carbons (Fsp3) is 0.400. The van der Waals surface area contributed by atoms with E-state index in [-0.39, 0.29) is 0 Å². The number of nitriles is 1. The van der Waals surface area contributed by atoms with Crippen LogP contribution in [0.5, 0.6) is 0 Å². The number of pyridine rings is 1. The van der Waals surface area contributed by atoms with Crippen LogP contribution in [-0.4, -0.2) is 16.1 Å². The highest BCUT2D eigenvalue weighted by Gasteiger charge is 2.05. The molecule has 0 aliphatic rings. The Bertz CT molecular complexity index is 335. The van der Waals surface area contributed by atoms with Gasteiger partial charge in [-0.15, -0.1) is 23.4 Å². The lowest BCUT2D eigenvalue weighted by Crippen LogP contribution is -1.97. The van der Waals surface area contributed by atoms with Crippen LogP contribution in [0.3, 0.4) is 0 Å². The largest absolute Gasteiger partial charge is 0.250 e. The van der Waals surface area contributed by atoms with Crippen LogP contribution in [0.4, 0.5) is 0 Å². The summed E-state index contributed by atoms with van der Waals surface area (Å²) in [6.07, 6.45) is 2.61. The monoisotopic (exact) mass is 226 g/mol. The second kappa shape index (κ2) is 5.90. The van der Waals surface area contributed by atoms with Crippen LogP contribution in [-0.2, 0) is 0 Å². The van der Waals surface area contributed by atoms with Gasteiger partial charge in [-0.3, -0.25) is 0 Å². The Labute approximate surface area is 93.3 Å². The van der Waals surface area contributed by atoms with Crippen LogP contribution < -0.4 is 0 Å². The molecule has 1 rings (SSSR count). The molecule has 0 radical (unpaired) electrons. The van der Waals surface area contributed by atoms with Gasteiger partial charge in [0, 0.05) is 17.3 Å². The van der Waals surface area contributed by atoms with Crippen molar-refractivity contribution in [3.05, 3.63) is 23.9 Å². The lowest BCUT2D eigenvalue weighted by molar-refractivity contribution is 0.907. The molecule has 1 aromatic rings. The van der Waals surface area contributed by atoms with Gasteiger partial charge in [0.2, 0.25) is 0 Å². The smallest absolute Gasteiger partial charge is 0.0993 e. The van der Waals surface area contributed by atoms with Gasteiger partial charge in [0.1, 0.15) is 0 Å². The molecule has 0 spiro atoms. The van der Waals surface area contributed by atoms with Gasteiger partial charge in [0.05, 0.1) is 16.7 Å². The van der Waals surface area contributed by atoms with E-state index in [1.54, 1.807) is 30.1 Å². The summed E-state index contributed by atoms with van der Waals surface area (Å²) in [6, 6.07) is 5.60. The predicted molar refractivity (Wildman–Crippen MR) is 59.6 cm³/mol. The number of hydrogen-bond acceptors (Lipinski definition) is 3. The summed E-state index contributed by atoms with van der Waals surface area (Å²) in [5.74, 6) is 0.659. The molecular weight excluding hydrogens is 216 g/mol. The molecule has 0 bridgehead atoms. The first-order valence-electron chi connectivity index (χ1n) is 4.35. The Kier molecular flexibility index (Phi) is 4.78. The maximum atomic E-state index is 8.69. The Balaban J connectivity index is 2.63. The molecule has 1 atom stereocenters. The van der Waals surface area contributed by atoms with E-state index >= 15 is 0 Å². The molecule has 0 aromatic carbocycles. The molecule has 4 heteroatoms. The van der Waals surface area contributed by atoms with Crippen molar-refractivity contribution in [3.8, 4) is 6.07 Å². The second-order valence-electron chi connectivity index (χ2n) is 2.90. The molecule has 0 saturated carbocycles. The van der Waals surface area contributed by atoms with Gasteiger partial charge in [-0.2, -0.15) is 5.26 Å². The molecule has 0 fully saturated rings. The average Bonchev–Trinajstić information content (AvgIpc) is 2.18. The van der Waals surface area contributed by atoms with Crippen LogP contribution in [0.2, 0.25) is 0 Å². The van der Waals surface area contributed by atoms with Crippen LogP contribution in [0.15, 0.2) is 23.4 Å². The number of hydrogen-bond donors (Lipinski definition) is 0. The zero-order valence-corrected chi connectivity index (χ0v) is 9.48. The van der Waals surface area contributed by atoms with Crippen molar-refractivity contribution in [2.75, 3.05) is 5.88 Å². The lowest BCUT2D eigenvalue weighted by Gasteiger charge is -2.07. The van der Waals surface area contributed by atoms with Crippen LogP contribution in [0.1, 0.15) is 18.9 Å². The van der Waals surface area contributed by atoms with Gasteiger partial charge < -0.3 is 0 Å². The maximum absolute atomic E-state index is 8.69. The summed E-state index contributed by atoms with van der Waals surface area (Å²) in [5.41, 5.74) is 0.653. The summed E-state index contributed by atoms with van der Waals surface area (Å²) in [7, 11) is 0. The van der Waals surface area contributed by atoms with Crippen molar-refractivity contribution in [2.45, 2.75) is 23.6 Å². The van der Waals surface area contributed by atoms with E-state index in [2.05, 4.69) is 18.0 Å². The van der Waals surface area contributed by atoms with Crippen LogP contribution in [0, 0.1) is 11.3 Å². The third-order valence-corrected chi connectivity index (χ3v) is 3.02. The molecule has 1 aromatic heterocycles. The van der Waals surface area contributed by atoms with Gasteiger partial charge in [0.25, 0.3) is 0 Å². The van der Waals surface area contributed by atoms with Crippen molar-refractivity contribution < 1.29 is 0 Å². The number of aromatic nitrogens is 1. The van der Waals surface area contributed by atoms with Crippen molar-refractivity contribution in [1.29, 1.82) is 5.26 Å². The van der Waals surface area contributed by atoms with E-state index in [9.17, 15) is 0 Å². The molecule has 0 amide bonds. The van der Waals surface area contributed by atoms with Crippen LogP contribution in [0.25, 0.3) is 0 Å². The van der Waals surface area contributed by atoms with Gasteiger partial charge >= 0.3 is 0 Å². The lowest BCUT2D eigenvalue weighted by atomic mass is 10.3. The van der Waals surface area contributed by atoms with E-state index < -0.39 is 0 Å². The van der Waals surface area contributed by atoms with Gasteiger partial charge in [-0.1, -0.05) is 6.92 Å². The standard InChI is InChI=1S/C10H11ClN2S/c1-8(2-4-11)14-10-6-9(7-12)3-5-13-10/h3,5-6,8H,2,4H2,1H3. The molecule has 14 heavy (non-hydrogen) atoms. The molecule has 1 unspecified atom stereocenters. The number of thioether (sulfide) groups is 1. The summed E-state index contributed by atoms with van der Waals surface area (Å²) >= 11 is 7.29. The highest BCUT2D eigenvalue weighted by Crippen LogP contribution is 2.23. The fourth-order valence-electron chi connectivity index (χ4n) is 0.962. The minimum absolute atomic E-state index is 0.439. The zero-order chi connectivity index (χ0) is 10.4. The first kappa shape index (κ1) is 11.4. The van der Waals surface area contributed by atoms with Gasteiger partial charge in [-0.25, -0.2) is 4.98 Å². The minimum atomic E-state index is 0.439. The molecule has 2 nitrogen and oxygen atoms in total. The Hall–Kier alpha value is -0.720. The molecule has 0 aliphatic carbocycles. The fourth-order valence-corrected chi connectivity index (χ4v) is 2.38. The molecular formula is C10H11ClN2S. The van der Waals surface area contributed by atoms with E-state index in [0.717, 1.165) is 11.4 Å². The third-order valence-electron chi connectivity index (χ3n) is 1.70. The third kappa shape index (κ3) is 3.57. The summed E-state index contributed by atoms with van der Waals surface area (Å²) in [4.78, 5) is 4.18. The Morgan fingerprint density at radius 2 is 2.50 bits per heavy atom. The topological polar surface area (TPSA) is 36.7 Å². The van der Waals surface area contributed by atoms with Crippen molar-refractivity contribution in [2.24, 2.45) is 0 Å². The summed E-state index contributed by atoms with van der Waals surface area (Å²) < 4.78 is 0. The van der Waals surface area contributed by atoms with Gasteiger partial charge in [0.15, 0.2) is 0 Å². The average molecular weight is 227 g/mol.